The highest BCUT2D eigenvalue weighted by atomic mass is 19.1. The summed E-state index contributed by atoms with van der Waals surface area (Å²) < 4.78 is 32.5. The highest BCUT2D eigenvalue weighted by molar-refractivity contribution is 5.90. The molecule has 1 aliphatic rings. The lowest BCUT2D eigenvalue weighted by Gasteiger charge is -2.26. The second-order valence-corrected chi connectivity index (χ2v) is 11.0. The molecule has 39 heavy (non-hydrogen) atoms. The Morgan fingerprint density at radius 3 is 2.54 bits per heavy atom. The Morgan fingerprint density at radius 2 is 1.82 bits per heavy atom. The molecule has 1 aromatic heterocycles. The van der Waals surface area contributed by atoms with Gasteiger partial charge in [0.25, 0.3) is 0 Å². The van der Waals surface area contributed by atoms with Gasteiger partial charge < -0.3 is 24.8 Å². The first-order valence-corrected chi connectivity index (χ1v) is 13.6. The summed E-state index contributed by atoms with van der Waals surface area (Å²) in [5.74, 6) is 1.02. The van der Waals surface area contributed by atoms with Crippen molar-refractivity contribution in [2.45, 2.75) is 46.5 Å². The van der Waals surface area contributed by atoms with Crippen LogP contribution in [0.1, 0.15) is 46.5 Å². The van der Waals surface area contributed by atoms with E-state index in [4.69, 9.17) is 14.2 Å². The summed E-state index contributed by atoms with van der Waals surface area (Å²) in [5, 5.41) is 6.12. The van der Waals surface area contributed by atoms with Crippen LogP contribution in [0.15, 0.2) is 42.6 Å². The summed E-state index contributed by atoms with van der Waals surface area (Å²) >= 11 is 0. The van der Waals surface area contributed by atoms with Crippen LogP contribution in [-0.2, 0) is 0 Å². The van der Waals surface area contributed by atoms with Crippen LogP contribution in [0.25, 0.3) is 10.9 Å². The summed E-state index contributed by atoms with van der Waals surface area (Å²) in [6.07, 6.45) is 6.21. The highest BCUT2D eigenvalue weighted by Crippen LogP contribution is 2.38. The van der Waals surface area contributed by atoms with Gasteiger partial charge in [-0.2, -0.15) is 0 Å². The largest absolute Gasteiger partial charge is 0.493 e. The van der Waals surface area contributed by atoms with Crippen LogP contribution in [0, 0.1) is 11.2 Å². The number of hydrogen-bond acceptors (Lipinski definition) is 6. The fourth-order valence-corrected chi connectivity index (χ4v) is 4.46. The average molecular weight is 539 g/mol. The normalized spacial score (nSPS) is 14.2. The number of piperidine rings is 1. The monoisotopic (exact) mass is 538 g/mol. The molecule has 9 heteroatoms. The van der Waals surface area contributed by atoms with Gasteiger partial charge in [0, 0.05) is 42.5 Å². The number of methoxy groups -OCH3 is 1. The fraction of sp³-hybridized carbons (Fsp3) is 0.467. The van der Waals surface area contributed by atoms with E-state index in [-0.39, 0.29) is 17.2 Å². The van der Waals surface area contributed by atoms with Crippen molar-refractivity contribution >= 4 is 22.6 Å². The van der Waals surface area contributed by atoms with Crippen LogP contribution in [0.3, 0.4) is 0 Å². The standard InChI is InChI=1S/C30H39FN4O4/c1-30(2,3)11-13-33-29(36)34-21-8-9-26(23(31)18-21)39-25-10-12-32-24-20-28(27(37-4)19-22(24)25)38-17-16-35-14-6-5-7-15-35/h8-10,12,18-20H,5-7,11,13-17H2,1-4H3,(H2,33,34,36). The molecule has 8 nitrogen and oxygen atoms in total. The van der Waals surface area contributed by atoms with Gasteiger partial charge in [0.15, 0.2) is 23.1 Å². The first-order chi connectivity index (χ1) is 18.7. The van der Waals surface area contributed by atoms with E-state index >= 15 is 0 Å². The van der Waals surface area contributed by atoms with Crippen LogP contribution >= 0.6 is 0 Å². The summed E-state index contributed by atoms with van der Waals surface area (Å²) in [6.45, 7) is 10.5. The van der Waals surface area contributed by atoms with Crippen LogP contribution in [0.2, 0.25) is 0 Å². The lowest BCUT2D eigenvalue weighted by Crippen LogP contribution is -2.33. The predicted octanol–water partition coefficient (Wildman–Crippen LogP) is 6.60. The Morgan fingerprint density at radius 1 is 1.03 bits per heavy atom. The molecular weight excluding hydrogens is 499 g/mol. The Labute approximate surface area is 229 Å². The molecule has 0 bridgehead atoms. The molecule has 0 spiro atoms. The zero-order valence-electron chi connectivity index (χ0n) is 23.3. The molecule has 1 aliphatic heterocycles. The molecule has 0 radical (unpaired) electrons. The number of rotatable bonds is 10. The molecule has 3 aromatic rings. The minimum Gasteiger partial charge on any atom is -0.493 e. The number of anilines is 1. The number of carbonyl (C=O) groups excluding carboxylic acids is 1. The molecule has 0 aliphatic carbocycles. The maximum absolute atomic E-state index is 14.9. The summed E-state index contributed by atoms with van der Waals surface area (Å²) in [4.78, 5) is 19.0. The van der Waals surface area contributed by atoms with E-state index in [1.807, 2.05) is 6.07 Å². The van der Waals surface area contributed by atoms with Gasteiger partial charge in [-0.05, 0) is 62.0 Å². The first-order valence-electron chi connectivity index (χ1n) is 13.6. The van der Waals surface area contributed by atoms with E-state index in [0.717, 1.165) is 26.1 Å². The Balaban J connectivity index is 1.42. The number of likely N-dealkylation sites (tertiary alicyclic amines) is 1. The van der Waals surface area contributed by atoms with E-state index in [9.17, 15) is 9.18 Å². The molecule has 210 valence electrons. The SMILES string of the molecule is COc1cc2c(Oc3ccc(NC(=O)NCCC(C)(C)C)cc3F)ccnc2cc1OCCN1CCCCC1. The van der Waals surface area contributed by atoms with Gasteiger partial charge in [-0.1, -0.05) is 27.2 Å². The second kappa shape index (κ2) is 13.0. The minimum atomic E-state index is -0.600. The Bertz CT molecular complexity index is 1270. The van der Waals surface area contributed by atoms with Crippen LogP contribution in [0.4, 0.5) is 14.9 Å². The van der Waals surface area contributed by atoms with E-state index < -0.39 is 5.82 Å². The number of ether oxygens (including phenoxy) is 3. The molecule has 2 aromatic carbocycles. The van der Waals surface area contributed by atoms with Crippen molar-refractivity contribution < 1.29 is 23.4 Å². The molecule has 1 fully saturated rings. The molecule has 4 rings (SSSR count). The van der Waals surface area contributed by atoms with Gasteiger partial charge in [0.2, 0.25) is 0 Å². The van der Waals surface area contributed by atoms with Gasteiger partial charge in [-0.3, -0.25) is 9.88 Å². The van der Waals surface area contributed by atoms with Crippen LogP contribution in [-0.4, -0.2) is 55.8 Å². The number of fused-ring (bicyclic) bond motifs is 1. The molecule has 0 unspecified atom stereocenters. The van der Waals surface area contributed by atoms with E-state index in [0.29, 0.717) is 47.0 Å². The average Bonchev–Trinajstić information content (AvgIpc) is 2.90. The van der Waals surface area contributed by atoms with Crippen molar-refractivity contribution in [3.05, 3.63) is 48.4 Å². The van der Waals surface area contributed by atoms with Gasteiger partial charge in [-0.15, -0.1) is 0 Å². The van der Waals surface area contributed by atoms with Gasteiger partial charge >= 0.3 is 6.03 Å². The van der Waals surface area contributed by atoms with Crippen LogP contribution in [0.5, 0.6) is 23.0 Å². The maximum Gasteiger partial charge on any atom is 0.319 e. The van der Waals surface area contributed by atoms with Crippen molar-refractivity contribution in [2.24, 2.45) is 5.41 Å². The Kier molecular flexibility index (Phi) is 9.45. The third kappa shape index (κ3) is 8.20. The third-order valence-corrected chi connectivity index (χ3v) is 6.67. The number of halogens is 1. The summed E-state index contributed by atoms with van der Waals surface area (Å²) in [5.41, 5.74) is 1.09. The summed E-state index contributed by atoms with van der Waals surface area (Å²) in [6, 6.07) is 9.22. The molecular formula is C30H39FN4O4. The molecule has 2 amide bonds. The zero-order valence-corrected chi connectivity index (χ0v) is 23.3. The van der Waals surface area contributed by atoms with E-state index in [1.165, 1.54) is 31.4 Å². The Hall–Kier alpha value is -3.59. The van der Waals surface area contributed by atoms with E-state index in [1.54, 1.807) is 31.5 Å². The van der Waals surface area contributed by atoms with Crippen molar-refractivity contribution in [3.8, 4) is 23.0 Å². The van der Waals surface area contributed by atoms with Gasteiger partial charge in [0.1, 0.15) is 12.4 Å². The smallest absolute Gasteiger partial charge is 0.319 e. The first kappa shape index (κ1) is 28.4. The number of amides is 2. The minimum absolute atomic E-state index is 0.0296. The molecule has 1 saturated heterocycles. The lowest BCUT2D eigenvalue weighted by molar-refractivity contribution is 0.181. The number of aromatic nitrogens is 1. The molecule has 0 atom stereocenters. The number of benzene rings is 2. The van der Waals surface area contributed by atoms with Crippen molar-refractivity contribution in [3.63, 3.8) is 0 Å². The number of nitrogens with zero attached hydrogens (tertiary/aromatic N) is 2. The fourth-order valence-electron chi connectivity index (χ4n) is 4.46. The van der Waals surface area contributed by atoms with Gasteiger partial charge in [0.05, 0.1) is 12.6 Å². The summed E-state index contributed by atoms with van der Waals surface area (Å²) in [7, 11) is 1.58. The number of urea groups is 1. The zero-order chi connectivity index (χ0) is 27.8. The quantitative estimate of drug-likeness (QED) is 0.303. The number of nitrogens with one attached hydrogen (secondary N) is 2. The number of hydrogen-bond donors (Lipinski definition) is 2. The topological polar surface area (TPSA) is 85.0 Å². The number of pyridine rings is 1. The molecule has 0 saturated carbocycles. The third-order valence-electron chi connectivity index (χ3n) is 6.67. The second-order valence-electron chi connectivity index (χ2n) is 11.0. The van der Waals surface area contributed by atoms with Crippen molar-refractivity contribution in [1.29, 1.82) is 0 Å². The van der Waals surface area contributed by atoms with Crippen molar-refractivity contribution in [2.75, 3.05) is 45.2 Å². The molecule has 2 N–H and O–H groups in total. The lowest BCUT2D eigenvalue weighted by atomic mass is 9.92. The predicted molar refractivity (Wildman–Crippen MR) is 152 cm³/mol. The van der Waals surface area contributed by atoms with E-state index in [2.05, 4.69) is 41.3 Å². The maximum atomic E-state index is 14.9. The van der Waals surface area contributed by atoms with Crippen LogP contribution < -0.4 is 24.8 Å². The van der Waals surface area contributed by atoms with Gasteiger partial charge in [-0.25, -0.2) is 9.18 Å². The van der Waals surface area contributed by atoms with Crippen molar-refractivity contribution in [1.82, 2.24) is 15.2 Å². The highest BCUT2D eigenvalue weighted by Gasteiger charge is 2.16. The number of carbonyl (C=O) groups is 1. The molecule has 2 heterocycles.